The molecule has 4 aromatic rings. The molecule has 5 rings (SSSR count). The van der Waals surface area contributed by atoms with E-state index in [1.807, 2.05) is 132 Å². The molecule has 0 fully saturated rings. The topological polar surface area (TPSA) is 266 Å². The van der Waals surface area contributed by atoms with E-state index in [9.17, 15) is 51.9 Å². The molecular weight excluding hydrogens is 1230 g/mol. The molecule has 0 atom stereocenters. The van der Waals surface area contributed by atoms with E-state index in [0.717, 1.165) is 22.3 Å². The van der Waals surface area contributed by atoms with Crippen molar-refractivity contribution in [1.82, 2.24) is 0 Å². The van der Waals surface area contributed by atoms with Crippen molar-refractivity contribution in [2.45, 2.75) is 170 Å². The maximum absolute atomic E-state index is 11.8. The maximum atomic E-state index is 11.8. The van der Waals surface area contributed by atoms with Crippen LogP contribution in [0, 0.1) is 0 Å². The quantitative estimate of drug-likeness (QED) is 0.0518. The number of rotatable bonds is 20. The summed E-state index contributed by atoms with van der Waals surface area (Å²) in [5, 5.41) is 0. The Morgan fingerprint density at radius 3 is 0.562 bits per heavy atom. The van der Waals surface area contributed by atoms with E-state index in [4.69, 9.17) is 18.9 Å². The van der Waals surface area contributed by atoms with Crippen LogP contribution in [0.4, 0.5) is 0 Å². The van der Waals surface area contributed by atoms with Gasteiger partial charge in [-0.05, 0) is 118 Å². The Kier molecular flexibility index (Phi) is 31.7. The first-order valence-corrected chi connectivity index (χ1v) is 34.0. The van der Waals surface area contributed by atoms with Gasteiger partial charge in [-0.1, -0.05) is 130 Å². The predicted octanol–water partition coefficient (Wildman–Crippen LogP) is -0.933. The number of benzene rings is 4. The summed E-state index contributed by atoms with van der Waals surface area (Å²) in [5.41, 5.74) is 1.48. The smallest absolute Gasteiger partial charge is 0.748 e. The van der Waals surface area contributed by atoms with Crippen molar-refractivity contribution in [3.63, 3.8) is 0 Å². The van der Waals surface area contributed by atoms with Crippen LogP contribution in [0.25, 0.3) is 0 Å². The fourth-order valence-corrected chi connectivity index (χ4v) is 14.0. The van der Waals surface area contributed by atoms with E-state index in [0.29, 0.717) is 62.2 Å². The van der Waals surface area contributed by atoms with Crippen molar-refractivity contribution in [2.24, 2.45) is 0 Å². The van der Waals surface area contributed by atoms with Crippen molar-refractivity contribution in [2.75, 3.05) is 49.4 Å². The largest absolute Gasteiger partial charge is 1.00 e. The van der Waals surface area contributed by atoms with Crippen LogP contribution >= 0.6 is 47.0 Å². The zero-order chi connectivity index (χ0) is 57.0. The van der Waals surface area contributed by atoms with Gasteiger partial charge in [0, 0.05) is 23.0 Å². The van der Waals surface area contributed by atoms with Crippen molar-refractivity contribution >= 4 is 87.5 Å². The first kappa shape index (κ1) is 79.1. The van der Waals surface area contributed by atoms with Gasteiger partial charge in [-0.25, -0.2) is 33.7 Å². The predicted molar refractivity (Wildman–Crippen MR) is 296 cm³/mol. The van der Waals surface area contributed by atoms with E-state index in [1.54, 1.807) is 0 Å². The third-order valence-electron chi connectivity index (χ3n) is 11.6. The molecule has 0 N–H and O–H groups in total. The minimum atomic E-state index is -4.61. The van der Waals surface area contributed by atoms with Gasteiger partial charge in [0.2, 0.25) is 0 Å². The Morgan fingerprint density at radius 2 is 0.450 bits per heavy atom. The molecule has 424 valence electrons. The van der Waals surface area contributed by atoms with Gasteiger partial charge in [0.25, 0.3) is 0 Å². The molecule has 0 saturated heterocycles. The standard InChI is InChI=1S/C52H72O16S8.4Na/c1-49(2,3)33-25-37-45(65-17-13-21-73(53,54)55)38(26-33)70-40-28-35(51(7,8)9)30-42(47(40)67-19-15-23-75(59,60)61)72-44-32-36(52(10,11)12)31-43(48(44)68-20-16-24-76(62,63)64)71-41-29-34(50(4,5)6)27-39(69-37)46(41)66-18-14-22-74(56,57)58;;;;/h25-32H,13-24H2,1-12H3,(H,53,54,55)(H,56,57,58)(H,59,60,61)(H,62,63,64);;;;/q;4*+1/p-4. The number of hydrogen-bond acceptors (Lipinski definition) is 20. The van der Waals surface area contributed by atoms with Crippen molar-refractivity contribution in [1.29, 1.82) is 0 Å². The van der Waals surface area contributed by atoms with Crippen molar-refractivity contribution < 1.29 is 189 Å². The molecule has 1 aliphatic heterocycles. The molecule has 0 radical (unpaired) electrons. The molecule has 0 spiro atoms. The Morgan fingerprint density at radius 1 is 0.312 bits per heavy atom. The second-order valence-electron chi connectivity index (χ2n) is 22.5. The second-order valence-corrected chi connectivity index (χ2v) is 32.9. The second kappa shape index (κ2) is 32.0. The van der Waals surface area contributed by atoms with Crippen LogP contribution in [-0.4, -0.2) is 101 Å². The van der Waals surface area contributed by atoms with Crippen LogP contribution in [0.1, 0.15) is 131 Å². The van der Waals surface area contributed by atoms with Gasteiger partial charge in [0.05, 0.1) is 106 Å². The zero-order valence-electron chi connectivity index (χ0n) is 48.9. The van der Waals surface area contributed by atoms with E-state index >= 15 is 0 Å². The van der Waals surface area contributed by atoms with Crippen LogP contribution in [0.3, 0.4) is 0 Å². The van der Waals surface area contributed by atoms with Crippen molar-refractivity contribution in [3.8, 4) is 23.0 Å². The molecule has 0 saturated carbocycles. The Bertz CT molecular complexity index is 2700. The maximum Gasteiger partial charge on any atom is 1.00 e. The number of fused-ring (bicyclic) bond motifs is 8. The Labute approximate surface area is 581 Å². The minimum Gasteiger partial charge on any atom is -0.748 e. The third kappa shape index (κ3) is 25.7. The summed E-state index contributed by atoms with van der Waals surface area (Å²) < 4.78 is 169. The van der Waals surface area contributed by atoms with Crippen LogP contribution in [-0.2, 0) is 62.1 Å². The first-order valence-electron chi connectivity index (χ1n) is 24.4. The van der Waals surface area contributed by atoms with Crippen LogP contribution in [0.5, 0.6) is 23.0 Å². The summed E-state index contributed by atoms with van der Waals surface area (Å²) in [6, 6.07) is 15.7. The summed E-state index contributed by atoms with van der Waals surface area (Å²) in [6.45, 7) is 23.7. The van der Waals surface area contributed by atoms with Gasteiger partial charge in [0.1, 0.15) is 23.0 Å². The van der Waals surface area contributed by atoms with Crippen LogP contribution in [0.15, 0.2) is 87.7 Å². The molecule has 28 heteroatoms. The Balaban J connectivity index is 0.00000800. The minimum absolute atomic E-state index is 0. The van der Waals surface area contributed by atoms with Crippen molar-refractivity contribution in [3.05, 3.63) is 70.8 Å². The first-order chi connectivity index (χ1) is 34.7. The number of ether oxygens (including phenoxy) is 4. The van der Waals surface area contributed by atoms with E-state index in [2.05, 4.69) is 0 Å². The molecule has 0 aliphatic carbocycles. The normalized spacial score (nSPS) is 13.4. The average molecular weight is 1300 g/mol. The van der Waals surface area contributed by atoms with E-state index < -0.39 is 85.1 Å². The van der Waals surface area contributed by atoms with E-state index in [-0.39, 0.29) is 170 Å². The third-order valence-corrected chi connectivity index (χ3v) is 18.9. The van der Waals surface area contributed by atoms with Gasteiger partial charge in [-0.15, -0.1) is 0 Å². The molecule has 1 heterocycles. The van der Waals surface area contributed by atoms with Gasteiger partial charge in [-0.2, -0.15) is 0 Å². The number of hydrogen-bond donors (Lipinski definition) is 0. The summed E-state index contributed by atoms with van der Waals surface area (Å²) >= 11 is 5.11. The molecule has 4 aromatic carbocycles. The summed E-state index contributed by atoms with van der Waals surface area (Å²) in [5.74, 6) is -1.44. The molecule has 1 aliphatic rings. The molecule has 0 unspecified atom stereocenters. The van der Waals surface area contributed by atoms with E-state index in [1.165, 1.54) is 47.0 Å². The van der Waals surface area contributed by atoms with Gasteiger partial charge < -0.3 is 37.2 Å². The monoisotopic (exact) mass is 1300 g/mol. The fraction of sp³-hybridized carbons (Fsp3) is 0.538. The fourth-order valence-electron chi connectivity index (χ4n) is 7.33. The Hall–Kier alpha value is 1.12. The average Bonchev–Trinajstić information content (AvgIpc) is 3.23. The molecule has 0 amide bonds. The zero-order valence-corrected chi connectivity index (χ0v) is 63.4. The summed E-state index contributed by atoms with van der Waals surface area (Å²) in [6.07, 6.45) is -0.551. The molecule has 8 bridgehead atoms. The SMILES string of the molecule is CC(C)(C)c1cc2c(OCCCS(=O)(=O)[O-])c(c1)Sc1cc(C(C)(C)C)cc(c1OCCCS(=O)(=O)[O-])Sc1cc(C(C)(C)C)cc(c1OCCCS(=O)(=O)[O-])Sc1cc(C(C)(C)C)cc(c1OCCCS(=O)(=O)[O-])S2.[Na+].[Na+].[Na+].[Na+]. The molecule has 0 aromatic heterocycles. The summed E-state index contributed by atoms with van der Waals surface area (Å²) in [7, 11) is -18.4. The molecule has 16 nitrogen and oxygen atoms in total. The van der Waals surface area contributed by atoms with Gasteiger partial charge in [0.15, 0.2) is 0 Å². The molecular formula is C52H68Na4O16S8. The molecule has 80 heavy (non-hydrogen) atoms. The van der Waals surface area contributed by atoms with Gasteiger partial charge >= 0.3 is 118 Å². The van der Waals surface area contributed by atoms with Gasteiger partial charge in [-0.3, -0.25) is 0 Å². The summed E-state index contributed by atoms with van der Waals surface area (Å²) in [4.78, 5) is 4.44. The van der Waals surface area contributed by atoms with Crippen LogP contribution in [0.2, 0.25) is 0 Å². The van der Waals surface area contributed by atoms with Crippen LogP contribution < -0.4 is 137 Å².